The molecule has 2 rings (SSSR count). The van der Waals surface area contributed by atoms with Crippen molar-refractivity contribution in [1.29, 1.82) is 0 Å². The summed E-state index contributed by atoms with van der Waals surface area (Å²) >= 11 is 0. The van der Waals surface area contributed by atoms with Crippen LogP contribution in [0.1, 0.15) is 31.4 Å². The second kappa shape index (κ2) is 8.97. The predicted molar refractivity (Wildman–Crippen MR) is 100 cm³/mol. The van der Waals surface area contributed by atoms with Crippen LogP contribution in [0.4, 0.5) is 0 Å². The molecule has 3 N–H and O–H groups in total. The monoisotopic (exact) mass is 416 g/mol. The van der Waals surface area contributed by atoms with E-state index in [1.54, 1.807) is 0 Å². The minimum absolute atomic E-state index is 0. The fraction of sp³-hybridized carbons (Fsp3) is 0.500. The molecule has 0 saturated carbocycles. The maximum absolute atomic E-state index is 12.2. The molecule has 0 saturated heterocycles. The van der Waals surface area contributed by atoms with Gasteiger partial charge in [-0.3, -0.25) is 4.79 Å². The van der Waals surface area contributed by atoms with Gasteiger partial charge < -0.3 is 16.0 Å². The number of hydrogen-bond acceptors (Lipinski definition) is 2. The fourth-order valence-corrected chi connectivity index (χ4v) is 2.36. The van der Waals surface area contributed by atoms with E-state index in [1.165, 1.54) is 11.1 Å². The fourth-order valence-electron chi connectivity index (χ4n) is 2.36. The van der Waals surface area contributed by atoms with Gasteiger partial charge in [0.15, 0.2) is 5.96 Å². The van der Waals surface area contributed by atoms with Gasteiger partial charge in [0.05, 0.1) is 0 Å². The first-order valence-electron chi connectivity index (χ1n) is 7.51. The average molecular weight is 416 g/mol. The van der Waals surface area contributed by atoms with Gasteiger partial charge in [-0.05, 0) is 30.9 Å². The number of halogens is 1. The number of rotatable bonds is 4. The molecule has 1 aromatic rings. The predicted octanol–water partition coefficient (Wildman–Crippen LogP) is 1.89. The van der Waals surface area contributed by atoms with Gasteiger partial charge in [0.1, 0.15) is 6.54 Å². The molecule has 0 spiro atoms. The SMILES string of the molecule is CCC(C)NC(N)=NCC(=O)N1CCc2ccccc2C1.I. The summed E-state index contributed by atoms with van der Waals surface area (Å²) in [5.74, 6) is 0.369. The molecule has 1 unspecified atom stereocenters. The molecule has 1 aliphatic rings. The smallest absolute Gasteiger partial charge is 0.244 e. The molecule has 1 amide bonds. The van der Waals surface area contributed by atoms with Crippen LogP contribution < -0.4 is 11.1 Å². The lowest BCUT2D eigenvalue weighted by Crippen LogP contribution is -2.40. The molecule has 0 fully saturated rings. The van der Waals surface area contributed by atoms with Crippen molar-refractivity contribution in [1.82, 2.24) is 10.2 Å². The summed E-state index contributed by atoms with van der Waals surface area (Å²) in [5, 5.41) is 3.06. The van der Waals surface area contributed by atoms with Gasteiger partial charge in [-0.25, -0.2) is 4.99 Å². The highest BCUT2D eigenvalue weighted by Gasteiger charge is 2.19. The second-order valence-corrected chi connectivity index (χ2v) is 5.49. The van der Waals surface area contributed by atoms with Crippen molar-refractivity contribution >= 4 is 35.8 Å². The number of guanidine groups is 1. The van der Waals surface area contributed by atoms with Crippen LogP contribution in [0.3, 0.4) is 0 Å². The minimum atomic E-state index is 0. The maximum atomic E-state index is 12.2. The van der Waals surface area contributed by atoms with E-state index in [2.05, 4.69) is 29.4 Å². The number of benzene rings is 1. The average Bonchev–Trinajstić information content (AvgIpc) is 2.51. The molecule has 6 heteroatoms. The third kappa shape index (κ3) is 5.15. The topological polar surface area (TPSA) is 70.7 Å². The zero-order valence-electron chi connectivity index (χ0n) is 13.2. The van der Waals surface area contributed by atoms with Crippen molar-refractivity contribution in [2.75, 3.05) is 13.1 Å². The van der Waals surface area contributed by atoms with Crippen LogP contribution in [0.5, 0.6) is 0 Å². The van der Waals surface area contributed by atoms with Crippen LogP contribution in [0, 0.1) is 0 Å². The molecule has 0 radical (unpaired) electrons. The Balaban J connectivity index is 0.00000242. The van der Waals surface area contributed by atoms with Crippen LogP contribution in [-0.4, -0.2) is 35.9 Å². The van der Waals surface area contributed by atoms with Gasteiger partial charge in [0.2, 0.25) is 5.91 Å². The quantitative estimate of drug-likeness (QED) is 0.448. The number of fused-ring (bicyclic) bond motifs is 1. The number of nitrogens with two attached hydrogens (primary N) is 1. The highest BCUT2D eigenvalue weighted by molar-refractivity contribution is 14.0. The van der Waals surface area contributed by atoms with Gasteiger partial charge in [-0.15, -0.1) is 24.0 Å². The molecule has 22 heavy (non-hydrogen) atoms. The van der Waals surface area contributed by atoms with Gasteiger partial charge >= 0.3 is 0 Å². The second-order valence-electron chi connectivity index (χ2n) is 5.49. The van der Waals surface area contributed by atoms with E-state index in [-0.39, 0.29) is 42.5 Å². The standard InChI is InChI=1S/C16H24N4O.HI/c1-3-12(2)19-16(17)18-10-15(21)20-9-8-13-6-4-5-7-14(13)11-20;/h4-7,12H,3,8-11H2,1-2H3,(H3,17,18,19);1H. The van der Waals surface area contributed by atoms with Gasteiger partial charge in [0, 0.05) is 19.1 Å². The molecule has 1 aliphatic heterocycles. The largest absolute Gasteiger partial charge is 0.370 e. The Bertz CT molecular complexity index is 533. The molecule has 0 aliphatic carbocycles. The minimum Gasteiger partial charge on any atom is -0.370 e. The summed E-state index contributed by atoms with van der Waals surface area (Å²) in [5.41, 5.74) is 8.34. The lowest BCUT2D eigenvalue weighted by Gasteiger charge is -2.28. The summed E-state index contributed by atoms with van der Waals surface area (Å²) in [6, 6.07) is 8.53. The number of aliphatic imine (C=N–C) groups is 1. The summed E-state index contributed by atoms with van der Waals surface area (Å²) in [6.07, 6.45) is 1.87. The van der Waals surface area contributed by atoms with Crippen LogP contribution in [0.25, 0.3) is 0 Å². The van der Waals surface area contributed by atoms with Crippen LogP contribution >= 0.6 is 24.0 Å². The third-order valence-electron chi connectivity index (χ3n) is 3.87. The van der Waals surface area contributed by atoms with Crippen molar-refractivity contribution in [3.05, 3.63) is 35.4 Å². The lowest BCUT2D eigenvalue weighted by molar-refractivity contribution is -0.130. The highest BCUT2D eigenvalue weighted by Crippen LogP contribution is 2.18. The third-order valence-corrected chi connectivity index (χ3v) is 3.87. The summed E-state index contributed by atoms with van der Waals surface area (Å²) in [4.78, 5) is 18.2. The Morgan fingerprint density at radius 1 is 1.41 bits per heavy atom. The molecule has 5 nitrogen and oxygen atoms in total. The van der Waals surface area contributed by atoms with Gasteiger partial charge in [-0.1, -0.05) is 31.2 Å². The Morgan fingerprint density at radius 2 is 2.09 bits per heavy atom. The Labute approximate surface area is 149 Å². The Hall–Kier alpha value is -1.31. The molecular formula is C16H25IN4O. The number of nitrogens with one attached hydrogen (secondary N) is 1. The molecule has 1 aromatic carbocycles. The molecule has 0 bridgehead atoms. The van der Waals surface area contributed by atoms with Crippen molar-refractivity contribution in [2.45, 2.75) is 39.3 Å². The number of hydrogen-bond donors (Lipinski definition) is 2. The van der Waals surface area contributed by atoms with Crippen molar-refractivity contribution < 1.29 is 4.79 Å². The van der Waals surface area contributed by atoms with Crippen molar-refractivity contribution in [2.24, 2.45) is 10.7 Å². The number of carbonyl (C=O) groups is 1. The van der Waals surface area contributed by atoms with Gasteiger partial charge in [0.25, 0.3) is 0 Å². The first-order chi connectivity index (χ1) is 10.1. The Morgan fingerprint density at radius 3 is 2.77 bits per heavy atom. The van der Waals surface area contributed by atoms with E-state index < -0.39 is 0 Å². The first-order valence-corrected chi connectivity index (χ1v) is 7.51. The molecular weight excluding hydrogens is 391 g/mol. The van der Waals surface area contributed by atoms with E-state index in [0.29, 0.717) is 12.5 Å². The van der Waals surface area contributed by atoms with E-state index in [4.69, 9.17) is 5.73 Å². The van der Waals surface area contributed by atoms with Crippen LogP contribution in [0.2, 0.25) is 0 Å². The summed E-state index contributed by atoms with van der Waals surface area (Å²) in [7, 11) is 0. The van der Waals surface area contributed by atoms with E-state index in [0.717, 1.165) is 19.4 Å². The molecule has 0 aromatic heterocycles. The molecule has 1 atom stereocenters. The van der Waals surface area contributed by atoms with E-state index >= 15 is 0 Å². The molecule has 122 valence electrons. The summed E-state index contributed by atoms with van der Waals surface area (Å²) in [6.45, 7) is 5.64. The zero-order chi connectivity index (χ0) is 15.2. The highest BCUT2D eigenvalue weighted by atomic mass is 127. The maximum Gasteiger partial charge on any atom is 0.244 e. The van der Waals surface area contributed by atoms with E-state index in [1.807, 2.05) is 24.0 Å². The Kier molecular flexibility index (Phi) is 7.64. The molecule has 1 heterocycles. The van der Waals surface area contributed by atoms with Crippen LogP contribution in [0.15, 0.2) is 29.3 Å². The van der Waals surface area contributed by atoms with Crippen molar-refractivity contribution in [3.63, 3.8) is 0 Å². The van der Waals surface area contributed by atoms with Crippen molar-refractivity contribution in [3.8, 4) is 0 Å². The van der Waals surface area contributed by atoms with Crippen LogP contribution in [-0.2, 0) is 17.8 Å². The number of amides is 1. The number of nitrogens with zero attached hydrogens (tertiary/aromatic N) is 2. The lowest BCUT2D eigenvalue weighted by atomic mass is 10.00. The zero-order valence-corrected chi connectivity index (χ0v) is 15.5. The first kappa shape index (κ1) is 18.7. The van der Waals surface area contributed by atoms with Gasteiger partial charge in [-0.2, -0.15) is 0 Å². The van der Waals surface area contributed by atoms with E-state index in [9.17, 15) is 4.79 Å². The summed E-state index contributed by atoms with van der Waals surface area (Å²) < 4.78 is 0. The normalized spacial score (nSPS) is 15.5. The number of carbonyl (C=O) groups excluding carboxylic acids is 1.